The van der Waals surface area contributed by atoms with Crippen LogP contribution in [-0.2, 0) is 6.54 Å². The molecular formula is C11H18ClN3OS. The third-order valence-corrected chi connectivity index (χ3v) is 3.64. The number of aromatic nitrogens is 2. The number of hydrogen-bond acceptors (Lipinski definition) is 4. The zero-order valence-corrected chi connectivity index (χ0v) is 11.9. The van der Waals surface area contributed by atoms with E-state index in [0.29, 0.717) is 18.2 Å². The number of thioether (sulfide) groups is 1. The molecule has 0 radical (unpaired) electrons. The maximum Gasteiger partial charge on any atom is 0.287 e. The van der Waals surface area contributed by atoms with Crippen molar-refractivity contribution in [2.45, 2.75) is 20.4 Å². The van der Waals surface area contributed by atoms with Crippen molar-refractivity contribution < 1.29 is 0 Å². The van der Waals surface area contributed by atoms with Gasteiger partial charge in [0.15, 0.2) is 0 Å². The number of rotatable bonds is 6. The number of nitrogens with zero attached hydrogens (tertiary/aromatic N) is 2. The Hall–Kier alpha value is -0.680. The van der Waals surface area contributed by atoms with E-state index in [1.165, 1.54) is 4.68 Å². The van der Waals surface area contributed by atoms with Gasteiger partial charge in [-0.25, -0.2) is 4.68 Å². The second-order valence-electron chi connectivity index (χ2n) is 3.93. The Morgan fingerprint density at radius 2 is 2.35 bits per heavy atom. The fourth-order valence-electron chi connectivity index (χ4n) is 1.44. The molecule has 96 valence electrons. The molecule has 1 aromatic heterocycles. The summed E-state index contributed by atoms with van der Waals surface area (Å²) in [5.41, 5.74) is 0.381. The molecular weight excluding hydrogens is 258 g/mol. The summed E-state index contributed by atoms with van der Waals surface area (Å²) in [6, 6.07) is 0. The highest BCUT2D eigenvalue weighted by Crippen LogP contribution is 2.16. The highest BCUT2D eigenvalue weighted by molar-refractivity contribution is 7.98. The van der Waals surface area contributed by atoms with E-state index < -0.39 is 0 Å². The van der Waals surface area contributed by atoms with E-state index in [1.807, 2.05) is 6.92 Å². The van der Waals surface area contributed by atoms with Crippen molar-refractivity contribution in [1.82, 2.24) is 9.78 Å². The maximum atomic E-state index is 11.7. The first-order valence-electron chi connectivity index (χ1n) is 5.58. The standard InChI is InChI=1S/C11H18ClN3OS/c1-4-15-11(16)10(12)9(6-14-15)13-5-8(2)7-17-3/h6,8,13H,4-5,7H2,1-3H3. The van der Waals surface area contributed by atoms with Crippen molar-refractivity contribution in [2.24, 2.45) is 5.92 Å². The Morgan fingerprint density at radius 1 is 1.65 bits per heavy atom. The molecule has 1 N–H and O–H groups in total. The molecule has 0 saturated heterocycles. The molecule has 0 saturated carbocycles. The molecule has 1 rings (SSSR count). The van der Waals surface area contributed by atoms with E-state index in [0.717, 1.165) is 12.3 Å². The van der Waals surface area contributed by atoms with E-state index in [-0.39, 0.29) is 10.6 Å². The molecule has 0 spiro atoms. The van der Waals surface area contributed by atoms with Gasteiger partial charge in [-0.2, -0.15) is 16.9 Å². The summed E-state index contributed by atoms with van der Waals surface area (Å²) in [5, 5.41) is 7.42. The summed E-state index contributed by atoms with van der Waals surface area (Å²) in [6.07, 6.45) is 3.69. The lowest BCUT2D eigenvalue weighted by Gasteiger charge is -2.13. The van der Waals surface area contributed by atoms with Gasteiger partial charge in [0.25, 0.3) is 5.56 Å². The topological polar surface area (TPSA) is 46.9 Å². The molecule has 1 atom stereocenters. The van der Waals surface area contributed by atoms with Crippen LogP contribution in [0.1, 0.15) is 13.8 Å². The molecule has 1 unspecified atom stereocenters. The first kappa shape index (κ1) is 14.4. The van der Waals surface area contributed by atoms with Crippen LogP contribution in [0.5, 0.6) is 0 Å². The molecule has 17 heavy (non-hydrogen) atoms. The molecule has 0 aliphatic rings. The summed E-state index contributed by atoms with van der Waals surface area (Å²) in [6.45, 7) is 5.33. The van der Waals surface area contributed by atoms with Crippen LogP contribution in [0.15, 0.2) is 11.0 Å². The average molecular weight is 276 g/mol. The third-order valence-electron chi connectivity index (χ3n) is 2.38. The van der Waals surface area contributed by atoms with E-state index in [4.69, 9.17) is 11.6 Å². The van der Waals surface area contributed by atoms with Crippen LogP contribution in [-0.4, -0.2) is 28.3 Å². The van der Waals surface area contributed by atoms with Gasteiger partial charge in [-0.3, -0.25) is 4.79 Å². The Kier molecular flexibility index (Phi) is 5.85. The van der Waals surface area contributed by atoms with E-state index in [1.54, 1.807) is 18.0 Å². The van der Waals surface area contributed by atoms with Gasteiger partial charge in [0.2, 0.25) is 0 Å². The average Bonchev–Trinajstić information content (AvgIpc) is 2.31. The molecule has 6 heteroatoms. The zero-order chi connectivity index (χ0) is 12.8. The fraction of sp³-hybridized carbons (Fsp3) is 0.636. The number of aryl methyl sites for hydroxylation is 1. The van der Waals surface area contributed by atoms with E-state index >= 15 is 0 Å². The van der Waals surface area contributed by atoms with Crippen LogP contribution < -0.4 is 10.9 Å². The van der Waals surface area contributed by atoms with E-state index in [2.05, 4.69) is 23.6 Å². The van der Waals surface area contributed by atoms with E-state index in [9.17, 15) is 4.79 Å². The van der Waals surface area contributed by atoms with Crippen molar-refractivity contribution in [3.8, 4) is 0 Å². The minimum Gasteiger partial charge on any atom is -0.382 e. The van der Waals surface area contributed by atoms with Gasteiger partial charge in [0.1, 0.15) is 5.02 Å². The Morgan fingerprint density at radius 3 is 2.94 bits per heavy atom. The molecule has 0 amide bonds. The maximum absolute atomic E-state index is 11.7. The lowest BCUT2D eigenvalue weighted by Crippen LogP contribution is -2.24. The van der Waals surface area contributed by atoms with Gasteiger partial charge >= 0.3 is 0 Å². The monoisotopic (exact) mass is 275 g/mol. The predicted octanol–water partition coefficient (Wildman–Crippen LogP) is 2.33. The summed E-state index contributed by atoms with van der Waals surface area (Å²) in [5.74, 6) is 1.60. The minimum atomic E-state index is -0.239. The first-order valence-corrected chi connectivity index (χ1v) is 7.35. The van der Waals surface area contributed by atoms with Crippen LogP contribution in [0.25, 0.3) is 0 Å². The lowest BCUT2D eigenvalue weighted by atomic mass is 10.2. The van der Waals surface area contributed by atoms with Gasteiger partial charge in [0, 0.05) is 13.1 Å². The minimum absolute atomic E-state index is 0.221. The van der Waals surface area contributed by atoms with Crippen molar-refractivity contribution in [2.75, 3.05) is 23.9 Å². The fourth-order valence-corrected chi connectivity index (χ4v) is 2.34. The highest BCUT2D eigenvalue weighted by Gasteiger charge is 2.09. The number of hydrogen-bond donors (Lipinski definition) is 1. The van der Waals surface area contributed by atoms with Crippen molar-refractivity contribution >= 4 is 29.1 Å². The normalized spacial score (nSPS) is 12.5. The van der Waals surface area contributed by atoms with Gasteiger partial charge in [0.05, 0.1) is 11.9 Å². The predicted molar refractivity (Wildman–Crippen MR) is 75.2 cm³/mol. The number of nitrogens with one attached hydrogen (secondary N) is 1. The van der Waals surface area contributed by atoms with Gasteiger partial charge in [-0.15, -0.1) is 0 Å². The summed E-state index contributed by atoms with van der Waals surface area (Å²) >= 11 is 7.80. The number of anilines is 1. The SMILES string of the molecule is CCn1ncc(NCC(C)CSC)c(Cl)c1=O. The van der Waals surface area contributed by atoms with Crippen LogP contribution in [0.3, 0.4) is 0 Å². The summed E-state index contributed by atoms with van der Waals surface area (Å²) < 4.78 is 1.35. The van der Waals surface area contributed by atoms with Gasteiger partial charge in [-0.1, -0.05) is 18.5 Å². The molecule has 0 aliphatic heterocycles. The van der Waals surface area contributed by atoms with Crippen LogP contribution >= 0.6 is 23.4 Å². The second kappa shape index (κ2) is 6.91. The summed E-state index contributed by atoms with van der Waals surface area (Å²) in [4.78, 5) is 11.7. The molecule has 0 aromatic carbocycles. The molecule has 0 aliphatic carbocycles. The Bertz CT molecular complexity index is 422. The molecule has 0 fully saturated rings. The molecule has 1 aromatic rings. The van der Waals surface area contributed by atoms with Crippen LogP contribution in [0, 0.1) is 5.92 Å². The van der Waals surface area contributed by atoms with Gasteiger partial charge in [-0.05, 0) is 24.9 Å². The van der Waals surface area contributed by atoms with Crippen molar-refractivity contribution in [3.63, 3.8) is 0 Å². The second-order valence-corrected chi connectivity index (χ2v) is 5.22. The van der Waals surface area contributed by atoms with Crippen molar-refractivity contribution in [3.05, 3.63) is 21.6 Å². The third kappa shape index (κ3) is 3.92. The quantitative estimate of drug-likeness (QED) is 0.866. The summed E-state index contributed by atoms with van der Waals surface area (Å²) in [7, 11) is 0. The number of halogens is 1. The lowest BCUT2D eigenvalue weighted by molar-refractivity contribution is 0.615. The van der Waals surface area contributed by atoms with Crippen LogP contribution in [0.2, 0.25) is 5.02 Å². The molecule has 4 nitrogen and oxygen atoms in total. The largest absolute Gasteiger partial charge is 0.382 e. The molecule has 1 heterocycles. The van der Waals surface area contributed by atoms with Crippen molar-refractivity contribution in [1.29, 1.82) is 0 Å². The van der Waals surface area contributed by atoms with Crippen LogP contribution in [0.4, 0.5) is 5.69 Å². The zero-order valence-electron chi connectivity index (χ0n) is 10.4. The Balaban J connectivity index is 2.73. The Labute approximate surface area is 111 Å². The first-order chi connectivity index (χ1) is 8.10. The smallest absolute Gasteiger partial charge is 0.287 e. The molecule has 0 bridgehead atoms. The highest BCUT2D eigenvalue weighted by atomic mass is 35.5. The van der Waals surface area contributed by atoms with Gasteiger partial charge < -0.3 is 5.32 Å².